The molecule has 0 N–H and O–H groups in total. The normalized spacial score (nSPS) is 14.8. The van der Waals surface area contributed by atoms with Crippen molar-refractivity contribution in [1.29, 1.82) is 0 Å². The summed E-state index contributed by atoms with van der Waals surface area (Å²) in [5.74, 6) is -1.09. The fourth-order valence-corrected chi connectivity index (χ4v) is 4.24. The number of benzene rings is 3. The van der Waals surface area contributed by atoms with Crippen LogP contribution in [0.1, 0.15) is 21.5 Å². The molecular formula is C24H15BrFNO4S. The van der Waals surface area contributed by atoms with Gasteiger partial charge in [-0.25, -0.2) is 9.18 Å². The number of amides is 2. The number of ether oxygens (including phenoxy) is 1. The van der Waals surface area contributed by atoms with Crippen molar-refractivity contribution in [2.75, 3.05) is 0 Å². The molecule has 0 spiro atoms. The fraction of sp³-hybridized carbons (Fsp3) is 0.0417. The molecule has 3 aromatic carbocycles. The van der Waals surface area contributed by atoms with Crippen LogP contribution in [0.2, 0.25) is 0 Å². The summed E-state index contributed by atoms with van der Waals surface area (Å²) in [6, 6.07) is 19.4. The summed E-state index contributed by atoms with van der Waals surface area (Å²) in [4.78, 5) is 38.4. The minimum Gasteiger partial charge on any atom is -0.423 e. The largest absolute Gasteiger partial charge is 0.423 e. The van der Waals surface area contributed by atoms with Crippen LogP contribution in [0.4, 0.5) is 9.18 Å². The van der Waals surface area contributed by atoms with Gasteiger partial charge in [-0.05, 0) is 59.8 Å². The monoisotopic (exact) mass is 511 g/mol. The number of carbonyl (C=O) groups is 3. The number of esters is 1. The number of carbonyl (C=O) groups excluding carboxylic acids is 3. The molecule has 1 aliphatic heterocycles. The minimum atomic E-state index is -0.492. The Bertz CT molecular complexity index is 1240. The van der Waals surface area contributed by atoms with E-state index in [2.05, 4.69) is 15.9 Å². The molecule has 0 bridgehead atoms. The van der Waals surface area contributed by atoms with Gasteiger partial charge in [0.15, 0.2) is 0 Å². The Morgan fingerprint density at radius 2 is 1.78 bits per heavy atom. The fourth-order valence-electron chi connectivity index (χ4n) is 3.00. The molecular weight excluding hydrogens is 497 g/mol. The number of halogens is 2. The number of imide groups is 1. The van der Waals surface area contributed by atoms with E-state index in [9.17, 15) is 18.8 Å². The maximum Gasteiger partial charge on any atom is 0.343 e. The summed E-state index contributed by atoms with van der Waals surface area (Å²) in [7, 11) is 0. The number of hydrogen-bond donors (Lipinski definition) is 0. The molecule has 0 aromatic heterocycles. The highest BCUT2D eigenvalue weighted by Gasteiger charge is 2.35. The van der Waals surface area contributed by atoms with Crippen LogP contribution in [0.3, 0.4) is 0 Å². The maximum atomic E-state index is 13.9. The molecule has 4 rings (SSSR count). The van der Waals surface area contributed by atoms with E-state index >= 15 is 0 Å². The number of nitrogens with zero attached hydrogens (tertiary/aromatic N) is 1. The lowest BCUT2D eigenvalue weighted by Gasteiger charge is -2.12. The number of thioether (sulfide) groups is 1. The molecule has 5 nitrogen and oxygen atoms in total. The van der Waals surface area contributed by atoms with E-state index in [0.717, 1.165) is 21.1 Å². The molecule has 1 aliphatic rings. The minimum absolute atomic E-state index is 0.126. The van der Waals surface area contributed by atoms with Gasteiger partial charge in [0, 0.05) is 10.0 Å². The molecule has 32 heavy (non-hydrogen) atoms. The molecule has 3 aromatic rings. The SMILES string of the molecule is O=C(Oc1ccc(/C=C2\SC(=O)N(Cc3ccccc3F)C2=O)cc1)c1cccc(Br)c1. The van der Waals surface area contributed by atoms with E-state index in [4.69, 9.17) is 4.74 Å². The molecule has 1 heterocycles. The van der Waals surface area contributed by atoms with Gasteiger partial charge in [0.2, 0.25) is 0 Å². The second-order valence-corrected chi connectivity index (χ2v) is 8.74. The molecule has 0 radical (unpaired) electrons. The Morgan fingerprint density at radius 3 is 2.50 bits per heavy atom. The lowest BCUT2D eigenvalue weighted by atomic mass is 10.2. The van der Waals surface area contributed by atoms with Crippen LogP contribution in [0.25, 0.3) is 6.08 Å². The third kappa shape index (κ3) is 4.98. The average molecular weight is 512 g/mol. The van der Waals surface area contributed by atoms with Crippen molar-refractivity contribution in [2.45, 2.75) is 6.54 Å². The lowest BCUT2D eigenvalue weighted by molar-refractivity contribution is -0.123. The average Bonchev–Trinajstić information content (AvgIpc) is 3.04. The third-order valence-electron chi connectivity index (χ3n) is 4.61. The Morgan fingerprint density at radius 1 is 1.03 bits per heavy atom. The molecule has 2 amide bonds. The van der Waals surface area contributed by atoms with Crippen LogP contribution in [0, 0.1) is 5.82 Å². The quantitative estimate of drug-likeness (QED) is 0.237. The zero-order chi connectivity index (χ0) is 22.7. The molecule has 1 saturated heterocycles. The summed E-state index contributed by atoms with van der Waals surface area (Å²) in [5, 5.41) is -0.455. The first-order valence-corrected chi connectivity index (χ1v) is 11.1. The van der Waals surface area contributed by atoms with Crippen molar-refractivity contribution in [3.63, 3.8) is 0 Å². The van der Waals surface area contributed by atoms with Gasteiger partial charge in [-0.15, -0.1) is 0 Å². The molecule has 0 saturated carbocycles. The molecule has 0 unspecified atom stereocenters. The lowest BCUT2D eigenvalue weighted by Crippen LogP contribution is -2.27. The van der Waals surface area contributed by atoms with Gasteiger partial charge in [0.1, 0.15) is 11.6 Å². The molecule has 0 aliphatic carbocycles. The first-order chi connectivity index (χ1) is 15.4. The van der Waals surface area contributed by atoms with Gasteiger partial charge in [-0.2, -0.15) is 0 Å². The van der Waals surface area contributed by atoms with Gasteiger partial charge in [-0.3, -0.25) is 14.5 Å². The van der Waals surface area contributed by atoms with Gasteiger partial charge in [-0.1, -0.05) is 52.3 Å². The van der Waals surface area contributed by atoms with Crippen molar-refractivity contribution in [2.24, 2.45) is 0 Å². The van der Waals surface area contributed by atoms with E-state index in [0.29, 0.717) is 16.9 Å². The van der Waals surface area contributed by atoms with Crippen LogP contribution >= 0.6 is 27.7 Å². The van der Waals surface area contributed by atoms with Crippen molar-refractivity contribution < 1.29 is 23.5 Å². The topological polar surface area (TPSA) is 63.7 Å². The second kappa shape index (κ2) is 9.50. The highest BCUT2D eigenvalue weighted by atomic mass is 79.9. The summed E-state index contributed by atoms with van der Waals surface area (Å²) in [6.07, 6.45) is 1.58. The van der Waals surface area contributed by atoms with Crippen molar-refractivity contribution in [3.8, 4) is 5.75 Å². The zero-order valence-corrected chi connectivity index (χ0v) is 18.9. The van der Waals surface area contributed by atoms with Crippen molar-refractivity contribution in [3.05, 3.63) is 105 Å². The molecule has 0 atom stereocenters. The molecule has 1 fully saturated rings. The predicted octanol–water partition coefficient (Wildman–Crippen LogP) is 6.04. The van der Waals surface area contributed by atoms with Crippen LogP contribution in [-0.4, -0.2) is 22.0 Å². The first-order valence-electron chi connectivity index (χ1n) is 9.47. The van der Waals surface area contributed by atoms with Crippen LogP contribution in [0.15, 0.2) is 82.2 Å². The van der Waals surface area contributed by atoms with Gasteiger partial charge >= 0.3 is 5.97 Å². The Balaban J connectivity index is 1.45. The summed E-state index contributed by atoms with van der Waals surface area (Å²) >= 11 is 4.11. The van der Waals surface area contributed by atoms with E-state index in [-0.39, 0.29) is 17.0 Å². The Hall–Kier alpha value is -3.23. The number of hydrogen-bond acceptors (Lipinski definition) is 5. The zero-order valence-electron chi connectivity index (χ0n) is 16.5. The predicted molar refractivity (Wildman–Crippen MR) is 123 cm³/mol. The van der Waals surface area contributed by atoms with Crippen LogP contribution in [-0.2, 0) is 11.3 Å². The Kier molecular flexibility index (Phi) is 6.53. The summed E-state index contributed by atoms with van der Waals surface area (Å²) in [6.45, 7) is -0.126. The second-order valence-electron chi connectivity index (χ2n) is 6.83. The van der Waals surface area contributed by atoms with Gasteiger partial charge in [0.25, 0.3) is 11.1 Å². The van der Waals surface area contributed by atoms with Crippen LogP contribution in [0.5, 0.6) is 5.75 Å². The first kappa shape index (κ1) is 22.0. The number of rotatable bonds is 5. The summed E-state index contributed by atoms with van der Waals surface area (Å²) in [5.41, 5.74) is 1.34. The van der Waals surface area contributed by atoms with Gasteiger partial charge in [0.05, 0.1) is 17.0 Å². The maximum absolute atomic E-state index is 13.9. The van der Waals surface area contributed by atoms with Crippen molar-refractivity contribution in [1.82, 2.24) is 4.90 Å². The van der Waals surface area contributed by atoms with E-state index in [1.165, 1.54) is 12.1 Å². The van der Waals surface area contributed by atoms with E-state index in [1.807, 2.05) is 6.07 Å². The third-order valence-corrected chi connectivity index (χ3v) is 6.01. The molecule has 8 heteroatoms. The standard InChI is InChI=1S/C24H15BrFNO4S/c25-18-6-3-5-16(13-18)23(29)31-19-10-8-15(9-11-19)12-21-22(28)27(24(30)32-21)14-17-4-1-2-7-20(17)26/h1-13H,14H2/b21-12-. The van der Waals surface area contributed by atoms with Gasteiger partial charge < -0.3 is 4.74 Å². The summed E-state index contributed by atoms with van der Waals surface area (Å²) < 4.78 is 20.0. The molecule has 160 valence electrons. The van der Waals surface area contributed by atoms with Crippen LogP contribution < -0.4 is 4.74 Å². The highest BCUT2D eigenvalue weighted by molar-refractivity contribution is 9.10. The van der Waals surface area contributed by atoms with Crippen molar-refractivity contribution >= 4 is 50.9 Å². The Labute approximate surface area is 196 Å². The van der Waals surface area contributed by atoms with E-state index in [1.54, 1.807) is 60.7 Å². The smallest absolute Gasteiger partial charge is 0.343 e. The highest BCUT2D eigenvalue weighted by Crippen LogP contribution is 2.33. The van der Waals surface area contributed by atoms with E-state index < -0.39 is 22.9 Å².